The van der Waals surface area contributed by atoms with Crippen LogP contribution in [-0.4, -0.2) is 36.3 Å². The fourth-order valence-electron chi connectivity index (χ4n) is 4.73. The Kier molecular flexibility index (Phi) is 10.4. The van der Waals surface area contributed by atoms with Crippen LogP contribution in [0.15, 0.2) is 91.0 Å². The molecule has 0 aliphatic heterocycles. The van der Waals surface area contributed by atoms with Crippen LogP contribution >= 0.6 is 0 Å². The first kappa shape index (κ1) is 30.5. The fraction of sp³-hybridized carbons (Fsp3) is 0.250. The lowest BCUT2D eigenvalue weighted by atomic mass is 10.1. The van der Waals surface area contributed by atoms with Gasteiger partial charge in [0.2, 0.25) is 5.88 Å². The lowest BCUT2D eigenvalue weighted by molar-refractivity contribution is -0.143. The Morgan fingerprint density at radius 2 is 1.52 bits per heavy atom. The van der Waals surface area contributed by atoms with Gasteiger partial charge in [-0.05, 0) is 85.5 Å². The number of halogens is 1. The lowest BCUT2D eigenvalue weighted by Gasteiger charge is -2.12. The number of carbonyl (C=O) groups is 1. The molecule has 0 N–H and O–H groups in total. The third-order valence-electron chi connectivity index (χ3n) is 7.09. The molecular weight excluding hydrogens is 559 g/mol. The molecule has 0 saturated heterocycles. The van der Waals surface area contributed by atoms with Crippen molar-refractivity contribution in [3.63, 3.8) is 0 Å². The van der Waals surface area contributed by atoms with Gasteiger partial charge in [-0.2, -0.15) is 4.98 Å². The number of methoxy groups -OCH3 is 1. The molecule has 0 amide bonds. The molecule has 5 rings (SSSR count). The molecule has 0 aliphatic carbocycles. The molecule has 0 aliphatic rings. The second-order valence-electron chi connectivity index (χ2n) is 10.2. The molecule has 1 heterocycles. The van der Waals surface area contributed by atoms with E-state index < -0.39 is 0 Å². The quantitative estimate of drug-likeness (QED) is 0.0947. The van der Waals surface area contributed by atoms with Crippen molar-refractivity contribution < 1.29 is 28.1 Å². The molecule has 44 heavy (non-hydrogen) atoms. The number of carbonyl (C=O) groups excluding carboxylic acids is 1. The number of nitrogens with zero attached hydrogens (tertiary/aromatic N) is 2. The Hall–Kier alpha value is -4.98. The van der Waals surface area contributed by atoms with E-state index in [1.807, 2.05) is 67.6 Å². The summed E-state index contributed by atoms with van der Waals surface area (Å²) in [6, 6.07) is 27.8. The molecule has 0 unspecified atom stereocenters. The molecule has 0 atom stereocenters. The maximum atomic E-state index is 14.2. The zero-order valence-corrected chi connectivity index (χ0v) is 24.9. The number of aromatic nitrogens is 2. The van der Waals surface area contributed by atoms with Gasteiger partial charge in [-0.1, -0.05) is 36.4 Å². The highest BCUT2D eigenvalue weighted by molar-refractivity contribution is 5.87. The van der Waals surface area contributed by atoms with Crippen molar-refractivity contribution in [3.8, 4) is 40.0 Å². The second-order valence-corrected chi connectivity index (χ2v) is 10.2. The van der Waals surface area contributed by atoms with Gasteiger partial charge in [-0.3, -0.25) is 4.79 Å². The highest BCUT2D eigenvalue weighted by Gasteiger charge is 2.12. The van der Waals surface area contributed by atoms with E-state index in [2.05, 4.69) is 4.98 Å². The topological polar surface area (TPSA) is 79.8 Å². The molecule has 5 aromatic rings. The third kappa shape index (κ3) is 8.10. The summed E-state index contributed by atoms with van der Waals surface area (Å²) in [5.74, 6) is 1.89. The van der Waals surface area contributed by atoms with Crippen LogP contribution in [0.5, 0.6) is 17.4 Å². The number of rotatable bonds is 14. The average molecular weight is 595 g/mol. The number of hydrogen-bond donors (Lipinski definition) is 0. The first-order valence-electron chi connectivity index (χ1n) is 14.7. The molecule has 0 fully saturated rings. The van der Waals surface area contributed by atoms with Crippen molar-refractivity contribution in [2.24, 2.45) is 0 Å². The van der Waals surface area contributed by atoms with Crippen molar-refractivity contribution in [1.82, 2.24) is 9.97 Å². The first-order chi connectivity index (χ1) is 21.5. The van der Waals surface area contributed by atoms with Gasteiger partial charge in [0.1, 0.15) is 23.9 Å². The summed E-state index contributed by atoms with van der Waals surface area (Å²) in [5.41, 5.74) is 2.80. The second kappa shape index (κ2) is 15.0. The van der Waals surface area contributed by atoms with E-state index in [0.717, 1.165) is 52.7 Å². The third-order valence-corrected chi connectivity index (χ3v) is 7.09. The Balaban J connectivity index is 1.32. The summed E-state index contributed by atoms with van der Waals surface area (Å²) in [7, 11) is 1.62. The van der Waals surface area contributed by atoms with Crippen LogP contribution in [-0.2, 0) is 16.1 Å². The highest BCUT2D eigenvalue weighted by Crippen LogP contribution is 2.30. The van der Waals surface area contributed by atoms with Crippen molar-refractivity contribution in [1.29, 1.82) is 0 Å². The molecule has 0 radical (unpaired) electrons. The molecule has 4 aromatic carbocycles. The Morgan fingerprint density at radius 1 is 0.773 bits per heavy atom. The van der Waals surface area contributed by atoms with Gasteiger partial charge in [0.25, 0.3) is 0 Å². The largest absolute Gasteiger partial charge is 0.497 e. The van der Waals surface area contributed by atoms with Gasteiger partial charge >= 0.3 is 5.97 Å². The van der Waals surface area contributed by atoms with Crippen molar-refractivity contribution in [3.05, 3.63) is 102 Å². The van der Waals surface area contributed by atoms with Crippen LogP contribution in [0.4, 0.5) is 4.39 Å². The number of benzene rings is 4. The summed E-state index contributed by atoms with van der Waals surface area (Å²) < 4.78 is 36.5. The minimum absolute atomic E-state index is 0.0388. The molecular formula is C36H35FN2O5. The normalized spacial score (nSPS) is 10.9. The van der Waals surface area contributed by atoms with Crippen LogP contribution < -0.4 is 14.2 Å². The average Bonchev–Trinajstić information content (AvgIpc) is 3.05. The zero-order valence-electron chi connectivity index (χ0n) is 24.9. The van der Waals surface area contributed by atoms with Gasteiger partial charge < -0.3 is 18.9 Å². The minimum Gasteiger partial charge on any atom is -0.497 e. The number of ether oxygens (including phenoxy) is 4. The fourth-order valence-corrected chi connectivity index (χ4v) is 4.73. The predicted molar refractivity (Wildman–Crippen MR) is 168 cm³/mol. The highest BCUT2D eigenvalue weighted by atomic mass is 19.1. The van der Waals surface area contributed by atoms with Crippen LogP contribution in [0, 0.1) is 5.82 Å². The first-order valence-corrected chi connectivity index (χ1v) is 14.7. The molecule has 0 spiro atoms. The Morgan fingerprint density at radius 3 is 2.32 bits per heavy atom. The number of hydrogen-bond acceptors (Lipinski definition) is 7. The summed E-state index contributed by atoms with van der Waals surface area (Å²) in [5, 5.41) is 2.03. The van der Waals surface area contributed by atoms with E-state index >= 15 is 0 Å². The van der Waals surface area contributed by atoms with Crippen LogP contribution in [0.2, 0.25) is 0 Å². The number of unbranched alkanes of at least 4 members (excludes halogenated alkanes) is 2. The number of fused-ring (bicyclic) bond motifs is 1. The molecule has 0 bridgehead atoms. The molecule has 8 heteroatoms. The van der Waals surface area contributed by atoms with Gasteiger partial charge in [0, 0.05) is 29.2 Å². The Labute approximate surface area is 256 Å². The summed E-state index contributed by atoms with van der Waals surface area (Å²) in [6.45, 7) is 2.85. The summed E-state index contributed by atoms with van der Waals surface area (Å²) in [4.78, 5) is 21.0. The van der Waals surface area contributed by atoms with Crippen LogP contribution in [0.3, 0.4) is 0 Å². The van der Waals surface area contributed by atoms with Gasteiger partial charge in [0.05, 0.1) is 26.0 Å². The van der Waals surface area contributed by atoms with E-state index in [4.69, 9.17) is 23.9 Å². The predicted octanol–water partition coefficient (Wildman–Crippen LogP) is 8.19. The summed E-state index contributed by atoms with van der Waals surface area (Å²) >= 11 is 0. The number of esters is 1. The van der Waals surface area contributed by atoms with Gasteiger partial charge in [0.15, 0.2) is 5.82 Å². The monoisotopic (exact) mass is 594 g/mol. The van der Waals surface area contributed by atoms with E-state index in [9.17, 15) is 9.18 Å². The van der Waals surface area contributed by atoms with Crippen molar-refractivity contribution in [2.75, 3.05) is 20.3 Å². The SMILES string of the molecule is CCOC(=O)CCCCCOc1ccc2cc(-c3nc(OCc4ccccc4F)cc(-c4ccc(OC)cc4)n3)ccc2c1. The van der Waals surface area contributed by atoms with Crippen LogP contribution in [0.25, 0.3) is 33.4 Å². The van der Waals surface area contributed by atoms with E-state index in [1.54, 1.807) is 31.4 Å². The molecule has 226 valence electrons. The van der Waals surface area contributed by atoms with Crippen molar-refractivity contribution in [2.45, 2.75) is 39.2 Å². The van der Waals surface area contributed by atoms with E-state index in [-0.39, 0.29) is 18.4 Å². The smallest absolute Gasteiger partial charge is 0.305 e. The van der Waals surface area contributed by atoms with Crippen LogP contribution in [0.1, 0.15) is 38.2 Å². The van der Waals surface area contributed by atoms with E-state index in [0.29, 0.717) is 42.6 Å². The standard InChI is InChI=1S/C36H35FN2O5/c1-3-42-35(40)11-5-4-8-20-43-31-19-16-26-21-28(13-12-27(26)22-31)36-38-33(25-14-17-30(41-2)18-15-25)23-34(39-36)44-24-29-9-6-7-10-32(29)37/h6-7,9-10,12-19,21-23H,3-5,8,11,20,24H2,1-2H3. The van der Waals surface area contributed by atoms with Crippen molar-refractivity contribution >= 4 is 16.7 Å². The Bertz CT molecular complexity index is 1710. The van der Waals surface area contributed by atoms with Gasteiger partial charge in [-0.25, -0.2) is 9.37 Å². The molecule has 7 nitrogen and oxygen atoms in total. The van der Waals surface area contributed by atoms with Gasteiger partial charge in [-0.15, -0.1) is 0 Å². The maximum absolute atomic E-state index is 14.2. The zero-order chi connectivity index (χ0) is 30.7. The molecule has 0 saturated carbocycles. The molecule has 1 aromatic heterocycles. The van der Waals surface area contributed by atoms with E-state index in [1.165, 1.54) is 6.07 Å². The lowest BCUT2D eigenvalue weighted by Crippen LogP contribution is -2.04. The maximum Gasteiger partial charge on any atom is 0.305 e. The minimum atomic E-state index is -0.330. The summed E-state index contributed by atoms with van der Waals surface area (Å²) in [6.07, 6.45) is 3.00.